The number of anilines is 1. The molecular weight excluding hydrogens is 743 g/mol. The van der Waals surface area contributed by atoms with Gasteiger partial charge in [0.1, 0.15) is 30.1 Å². The number of ether oxygens (including phenoxy) is 1. The van der Waals surface area contributed by atoms with Crippen LogP contribution in [0.3, 0.4) is 0 Å². The molecule has 15 heteroatoms. The van der Waals surface area contributed by atoms with Gasteiger partial charge in [-0.3, -0.25) is 20.4 Å². The number of likely N-dealkylation sites (tertiary alicyclic amines) is 1. The molecular formula is C40H44Cl2N8O5. The zero-order chi connectivity index (χ0) is 37.6. The maximum absolute atomic E-state index is 14.3. The molecule has 0 unspecified atom stereocenters. The normalized spacial score (nSPS) is 13.2. The van der Waals surface area contributed by atoms with Crippen molar-refractivity contribution in [3.05, 3.63) is 125 Å². The summed E-state index contributed by atoms with van der Waals surface area (Å²) in [4.78, 5) is 47.8. The quantitative estimate of drug-likeness (QED) is 0.0706. The smallest absolute Gasteiger partial charge is 0.335 e. The van der Waals surface area contributed by atoms with Crippen LogP contribution in [0.25, 0.3) is 11.0 Å². The Bertz CT molecular complexity index is 2150. The summed E-state index contributed by atoms with van der Waals surface area (Å²) in [6.07, 6.45) is 1.57. The number of rotatable bonds is 12. The molecule has 0 bridgehead atoms. The number of carboxylic acids is 1. The van der Waals surface area contributed by atoms with Crippen LogP contribution in [0.2, 0.25) is 0 Å². The van der Waals surface area contributed by atoms with Crippen LogP contribution in [-0.2, 0) is 17.9 Å². The Hall–Kier alpha value is -5.92. The number of carbonyl (C=O) groups is 3. The summed E-state index contributed by atoms with van der Waals surface area (Å²) in [6.45, 7) is 5.04. The molecule has 5 aromatic rings. The van der Waals surface area contributed by atoms with Gasteiger partial charge in [-0.05, 0) is 86.1 Å². The number of nitrogens with two attached hydrogens (primary N) is 1. The molecule has 0 saturated carbocycles. The van der Waals surface area contributed by atoms with Crippen molar-refractivity contribution in [2.75, 3.05) is 18.0 Å². The Balaban J connectivity index is 0.00000336. The van der Waals surface area contributed by atoms with E-state index < -0.39 is 11.9 Å². The molecule has 1 atom stereocenters. The Morgan fingerprint density at radius 2 is 1.55 bits per heavy atom. The van der Waals surface area contributed by atoms with E-state index in [1.807, 2.05) is 42.2 Å². The summed E-state index contributed by atoms with van der Waals surface area (Å²) in [5, 5.41) is 28.3. The molecule has 4 aromatic carbocycles. The van der Waals surface area contributed by atoms with Crippen LogP contribution >= 0.6 is 24.8 Å². The van der Waals surface area contributed by atoms with Crippen LogP contribution in [-0.4, -0.2) is 68.2 Å². The first-order chi connectivity index (χ1) is 25.5. The molecule has 0 aliphatic carbocycles. The lowest BCUT2D eigenvalue weighted by molar-refractivity contribution is -0.122. The molecule has 1 saturated heterocycles. The van der Waals surface area contributed by atoms with Crippen molar-refractivity contribution < 1.29 is 24.2 Å². The van der Waals surface area contributed by atoms with Gasteiger partial charge in [-0.1, -0.05) is 30.3 Å². The SMILES string of the molecule is CC(=N)N1CCC(Oc2ccc(N(Cc3nc4cc(C(=N)N)ccc4n3CC(=O)N[C@@H](C)c3ccccc3)C(=O)c3ccc(C(=O)O)cc3)cc2)CC1.Cl.Cl. The highest BCUT2D eigenvalue weighted by molar-refractivity contribution is 6.06. The maximum Gasteiger partial charge on any atom is 0.335 e. The van der Waals surface area contributed by atoms with Gasteiger partial charge in [0.2, 0.25) is 5.91 Å². The summed E-state index contributed by atoms with van der Waals surface area (Å²) in [6, 6.07) is 27.4. The maximum atomic E-state index is 14.3. The number of nitrogens with zero attached hydrogens (tertiary/aromatic N) is 4. The monoisotopic (exact) mass is 786 g/mol. The summed E-state index contributed by atoms with van der Waals surface area (Å²) in [7, 11) is 0. The van der Waals surface area contributed by atoms with Gasteiger partial charge in [0.25, 0.3) is 5.91 Å². The number of nitrogen functional groups attached to an aromatic ring is 1. The fourth-order valence-corrected chi connectivity index (χ4v) is 6.44. The average molecular weight is 788 g/mol. The number of hydrogen-bond acceptors (Lipinski definition) is 7. The number of aromatic carboxylic acids is 1. The van der Waals surface area contributed by atoms with Gasteiger partial charge in [-0.15, -0.1) is 24.8 Å². The van der Waals surface area contributed by atoms with Crippen LogP contribution in [0.1, 0.15) is 70.4 Å². The number of hydrogen-bond donors (Lipinski definition) is 5. The number of fused-ring (bicyclic) bond motifs is 1. The molecule has 2 amide bonds. The number of carbonyl (C=O) groups excluding carboxylic acids is 2. The van der Waals surface area contributed by atoms with Crippen molar-refractivity contribution in [1.82, 2.24) is 19.8 Å². The largest absolute Gasteiger partial charge is 0.490 e. The van der Waals surface area contributed by atoms with Gasteiger partial charge < -0.3 is 35.3 Å². The van der Waals surface area contributed by atoms with Crippen molar-refractivity contribution >= 4 is 71.0 Å². The van der Waals surface area contributed by atoms with E-state index in [1.165, 1.54) is 29.2 Å². The predicted octanol–water partition coefficient (Wildman–Crippen LogP) is 6.43. The van der Waals surface area contributed by atoms with E-state index in [1.54, 1.807) is 54.0 Å². The third-order valence-corrected chi connectivity index (χ3v) is 9.41. The molecule has 1 aliphatic rings. The molecule has 1 aromatic heterocycles. The second-order valence-electron chi connectivity index (χ2n) is 13.1. The van der Waals surface area contributed by atoms with Gasteiger partial charge in [-0.25, -0.2) is 9.78 Å². The summed E-state index contributed by atoms with van der Waals surface area (Å²) >= 11 is 0. The van der Waals surface area contributed by atoms with Crippen molar-refractivity contribution in [2.24, 2.45) is 5.73 Å². The van der Waals surface area contributed by atoms with Crippen LogP contribution in [0.15, 0.2) is 97.1 Å². The van der Waals surface area contributed by atoms with E-state index >= 15 is 0 Å². The summed E-state index contributed by atoms with van der Waals surface area (Å²) in [5.41, 5.74) is 9.19. The van der Waals surface area contributed by atoms with Crippen molar-refractivity contribution in [3.63, 3.8) is 0 Å². The van der Waals surface area contributed by atoms with Crippen LogP contribution in [0, 0.1) is 10.8 Å². The van der Waals surface area contributed by atoms with Crippen molar-refractivity contribution in [3.8, 4) is 5.75 Å². The number of piperidine rings is 1. The summed E-state index contributed by atoms with van der Waals surface area (Å²) in [5.74, 6) is -0.300. The van der Waals surface area contributed by atoms with Crippen LogP contribution < -0.4 is 20.7 Å². The summed E-state index contributed by atoms with van der Waals surface area (Å²) < 4.78 is 8.02. The molecule has 2 heterocycles. The molecule has 0 spiro atoms. The number of benzene rings is 4. The van der Waals surface area contributed by atoms with E-state index in [0.717, 1.165) is 31.5 Å². The van der Waals surface area contributed by atoms with Crippen molar-refractivity contribution in [2.45, 2.75) is 51.9 Å². The Labute approximate surface area is 331 Å². The number of halogens is 2. The lowest BCUT2D eigenvalue weighted by atomic mass is 10.1. The van der Waals surface area contributed by atoms with E-state index in [2.05, 4.69) is 5.32 Å². The first-order valence-electron chi connectivity index (χ1n) is 17.4. The van der Waals surface area contributed by atoms with Gasteiger partial charge >= 0.3 is 5.97 Å². The minimum absolute atomic E-state index is 0. The second kappa shape index (κ2) is 18.4. The highest BCUT2D eigenvalue weighted by Gasteiger charge is 2.25. The van der Waals surface area contributed by atoms with Gasteiger partial charge in [0.05, 0.1) is 35.0 Å². The lowest BCUT2D eigenvalue weighted by Crippen LogP contribution is -2.40. The average Bonchev–Trinajstić information content (AvgIpc) is 3.50. The number of carboxylic acid groups (broad SMARTS) is 1. The fraction of sp³-hybridized carbons (Fsp3) is 0.250. The molecule has 0 radical (unpaired) electrons. The van der Waals surface area contributed by atoms with E-state index in [4.69, 9.17) is 26.3 Å². The van der Waals surface area contributed by atoms with Gasteiger partial charge in [0.15, 0.2) is 0 Å². The highest BCUT2D eigenvalue weighted by atomic mass is 35.5. The molecule has 1 fully saturated rings. The predicted molar refractivity (Wildman–Crippen MR) is 217 cm³/mol. The van der Waals surface area contributed by atoms with Gasteiger partial charge in [-0.2, -0.15) is 0 Å². The number of imidazole rings is 1. The highest BCUT2D eigenvalue weighted by Crippen LogP contribution is 2.27. The first kappa shape index (κ1) is 41.8. The first-order valence-corrected chi connectivity index (χ1v) is 17.4. The third-order valence-electron chi connectivity index (χ3n) is 9.41. The standard InChI is InChI=1S/C40H42N8O5.2ClH/c1-25(27-6-4-3-5-7-27)44-37(49)24-48-35-17-12-30(38(42)43)22-34(35)45-36(48)23-47(39(50)28-8-10-29(11-9-28)40(51)52)31-13-15-32(16-14-31)53-33-18-20-46(21-19-33)26(2)41;;/h3-17,22,25,33,41H,18-21,23-24H2,1-2H3,(H3,42,43)(H,44,49)(H,51,52);2*1H/t25-;;/m0../s1. The minimum atomic E-state index is -1.10. The third kappa shape index (κ3) is 9.99. The molecule has 6 rings (SSSR count). The van der Waals surface area contributed by atoms with E-state index in [9.17, 15) is 19.5 Å². The van der Waals surface area contributed by atoms with Crippen molar-refractivity contribution in [1.29, 1.82) is 10.8 Å². The van der Waals surface area contributed by atoms with E-state index in [-0.39, 0.29) is 72.9 Å². The molecule has 1 aliphatic heterocycles. The molecule has 13 nitrogen and oxygen atoms in total. The fourth-order valence-electron chi connectivity index (χ4n) is 6.44. The topological polar surface area (TPSA) is 191 Å². The molecule has 288 valence electrons. The van der Waals surface area contributed by atoms with Gasteiger partial charge in [0, 0.05) is 42.7 Å². The van der Waals surface area contributed by atoms with E-state index in [0.29, 0.717) is 39.7 Å². The Kier molecular flexibility index (Phi) is 14.0. The number of amides is 2. The zero-order valence-electron chi connectivity index (χ0n) is 30.4. The van der Waals surface area contributed by atoms with Crippen LogP contribution in [0.5, 0.6) is 5.75 Å². The molecule has 55 heavy (non-hydrogen) atoms. The Morgan fingerprint density at radius 3 is 2.15 bits per heavy atom. The zero-order valence-corrected chi connectivity index (χ0v) is 32.0. The number of aromatic nitrogens is 2. The molecule has 6 N–H and O–H groups in total. The number of nitrogens with one attached hydrogen (secondary N) is 3. The minimum Gasteiger partial charge on any atom is -0.490 e. The van der Waals surface area contributed by atoms with Crippen LogP contribution in [0.4, 0.5) is 5.69 Å². The number of amidine groups is 2. The second-order valence-corrected chi connectivity index (χ2v) is 13.1. The lowest BCUT2D eigenvalue weighted by Gasteiger charge is -2.33. The Morgan fingerprint density at radius 1 is 0.927 bits per heavy atom.